The zero-order valence-corrected chi connectivity index (χ0v) is 22.0. The van der Waals surface area contributed by atoms with E-state index in [1.807, 2.05) is 0 Å². The van der Waals surface area contributed by atoms with E-state index >= 15 is 0 Å². The van der Waals surface area contributed by atoms with Crippen LogP contribution in [0.25, 0.3) is 11.4 Å². The van der Waals surface area contributed by atoms with Crippen molar-refractivity contribution in [2.75, 3.05) is 12.4 Å². The van der Waals surface area contributed by atoms with Gasteiger partial charge in [-0.2, -0.15) is 0 Å². The highest BCUT2D eigenvalue weighted by Crippen LogP contribution is 2.44. The molecule has 3 aromatic rings. The SMILES string of the molecule is COC(=O)c1c(NC(=O)C(C)OC(=O)c2ccc(-c3ncc[nH]3)cc2)sc2c1CCC(C(C)(C)C)C2. The zero-order valence-electron chi connectivity index (χ0n) is 21.1. The summed E-state index contributed by atoms with van der Waals surface area (Å²) in [5, 5.41) is 3.25. The van der Waals surface area contributed by atoms with Gasteiger partial charge in [0.15, 0.2) is 6.10 Å². The Labute approximate surface area is 214 Å². The van der Waals surface area contributed by atoms with E-state index in [1.54, 1.807) is 36.7 Å². The van der Waals surface area contributed by atoms with Crippen LogP contribution in [0.1, 0.15) is 65.3 Å². The molecule has 2 aromatic heterocycles. The largest absolute Gasteiger partial charge is 0.465 e. The van der Waals surface area contributed by atoms with Crippen molar-refractivity contribution in [1.29, 1.82) is 0 Å². The van der Waals surface area contributed by atoms with Crippen LogP contribution in [0, 0.1) is 11.3 Å². The minimum atomic E-state index is -1.06. The van der Waals surface area contributed by atoms with Crippen molar-refractivity contribution in [3.8, 4) is 11.4 Å². The summed E-state index contributed by atoms with van der Waals surface area (Å²) in [5.74, 6) is -0.423. The van der Waals surface area contributed by atoms with E-state index in [0.29, 0.717) is 27.9 Å². The lowest BCUT2D eigenvalue weighted by Gasteiger charge is -2.33. The molecule has 8 nitrogen and oxygen atoms in total. The molecule has 1 aromatic carbocycles. The molecule has 1 aliphatic carbocycles. The summed E-state index contributed by atoms with van der Waals surface area (Å²) in [6.45, 7) is 8.17. The third-order valence-electron chi connectivity index (χ3n) is 6.66. The van der Waals surface area contributed by atoms with Crippen LogP contribution in [0.5, 0.6) is 0 Å². The second-order valence-corrected chi connectivity index (χ2v) is 11.2. The summed E-state index contributed by atoms with van der Waals surface area (Å²) in [7, 11) is 1.33. The number of esters is 2. The summed E-state index contributed by atoms with van der Waals surface area (Å²) in [6, 6.07) is 6.76. The highest BCUT2D eigenvalue weighted by molar-refractivity contribution is 7.17. The van der Waals surface area contributed by atoms with Gasteiger partial charge in [0, 0.05) is 22.8 Å². The Morgan fingerprint density at radius 1 is 1.17 bits per heavy atom. The summed E-state index contributed by atoms with van der Waals surface area (Å²) in [4.78, 5) is 46.5. The molecule has 2 unspecified atom stereocenters. The number of imidazole rings is 1. The molecule has 190 valence electrons. The van der Waals surface area contributed by atoms with Crippen molar-refractivity contribution in [2.45, 2.75) is 53.1 Å². The number of nitrogens with one attached hydrogen (secondary N) is 2. The fourth-order valence-corrected chi connectivity index (χ4v) is 5.73. The predicted octanol–water partition coefficient (Wildman–Crippen LogP) is 5.26. The molecule has 9 heteroatoms. The van der Waals surface area contributed by atoms with Gasteiger partial charge in [-0.3, -0.25) is 4.79 Å². The number of benzene rings is 1. The van der Waals surface area contributed by atoms with Crippen LogP contribution in [-0.2, 0) is 27.1 Å². The highest BCUT2D eigenvalue weighted by atomic mass is 32.1. The maximum Gasteiger partial charge on any atom is 0.341 e. The van der Waals surface area contributed by atoms with Crippen molar-refractivity contribution in [3.63, 3.8) is 0 Å². The van der Waals surface area contributed by atoms with Crippen LogP contribution < -0.4 is 5.32 Å². The van der Waals surface area contributed by atoms with E-state index < -0.39 is 23.9 Å². The van der Waals surface area contributed by atoms with Gasteiger partial charge in [-0.25, -0.2) is 14.6 Å². The summed E-state index contributed by atoms with van der Waals surface area (Å²) in [5.41, 5.74) is 2.65. The van der Waals surface area contributed by atoms with Crippen LogP contribution in [0.4, 0.5) is 5.00 Å². The Bertz CT molecular complexity index is 1260. The van der Waals surface area contributed by atoms with Crippen LogP contribution in [0.2, 0.25) is 0 Å². The van der Waals surface area contributed by atoms with Gasteiger partial charge < -0.3 is 19.8 Å². The first-order valence-electron chi connectivity index (χ1n) is 11.9. The Balaban J connectivity index is 1.46. The number of anilines is 1. The van der Waals surface area contributed by atoms with Gasteiger partial charge in [0.05, 0.1) is 18.2 Å². The lowest BCUT2D eigenvalue weighted by atomic mass is 9.72. The van der Waals surface area contributed by atoms with Gasteiger partial charge >= 0.3 is 11.9 Å². The van der Waals surface area contributed by atoms with Crippen molar-refractivity contribution >= 4 is 34.2 Å². The third-order valence-corrected chi connectivity index (χ3v) is 7.83. The van der Waals surface area contributed by atoms with Crippen LogP contribution in [0.3, 0.4) is 0 Å². The Morgan fingerprint density at radius 2 is 1.89 bits per heavy atom. The topological polar surface area (TPSA) is 110 Å². The van der Waals surface area contributed by atoms with E-state index in [0.717, 1.165) is 35.3 Å². The number of aromatic nitrogens is 2. The number of thiophene rings is 1. The summed E-state index contributed by atoms with van der Waals surface area (Å²) in [6.07, 6.45) is 4.88. The van der Waals surface area contributed by atoms with Gasteiger partial charge in [0.2, 0.25) is 0 Å². The molecule has 0 radical (unpaired) electrons. The molecule has 36 heavy (non-hydrogen) atoms. The van der Waals surface area contributed by atoms with E-state index in [1.165, 1.54) is 25.4 Å². The number of nitrogens with zero attached hydrogens (tertiary/aromatic N) is 1. The first-order valence-corrected chi connectivity index (χ1v) is 12.7. The summed E-state index contributed by atoms with van der Waals surface area (Å²) < 4.78 is 10.4. The molecular weight excluding hydrogens is 478 g/mol. The number of amides is 1. The van der Waals surface area contributed by atoms with Crippen molar-refractivity contribution in [1.82, 2.24) is 9.97 Å². The number of hydrogen-bond donors (Lipinski definition) is 2. The molecule has 1 amide bonds. The third kappa shape index (κ3) is 5.36. The first kappa shape index (κ1) is 25.6. The van der Waals surface area contributed by atoms with Gasteiger partial charge in [-0.1, -0.05) is 32.9 Å². The molecule has 2 N–H and O–H groups in total. The number of fused-ring (bicyclic) bond motifs is 1. The second kappa shape index (κ2) is 10.3. The second-order valence-electron chi connectivity index (χ2n) is 10.1. The molecule has 0 aliphatic heterocycles. The Kier molecular flexibility index (Phi) is 7.31. The van der Waals surface area contributed by atoms with Crippen LogP contribution in [0.15, 0.2) is 36.7 Å². The Morgan fingerprint density at radius 3 is 2.50 bits per heavy atom. The molecule has 2 atom stereocenters. The molecule has 0 fully saturated rings. The number of carbonyl (C=O) groups is 3. The van der Waals surface area contributed by atoms with Gasteiger partial charge in [-0.05, 0) is 55.2 Å². The van der Waals surface area contributed by atoms with Gasteiger partial charge in [-0.15, -0.1) is 11.3 Å². The maximum absolute atomic E-state index is 12.9. The predicted molar refractivity (Wildman–Crippen MR) is 138 cm³/mol. The lowest BCUT2D eigenvalue weighted by molar-refractivity contribution is -0.123. The monoisotopic (exact) mass is 509 g/mol. The molecule has 4 rings (SSSR count). The smallest absolute Gasteiger partial charge is 0.341 e. The molecule has 1 aliphatic rings. The number of hydrogen-bond acceptors (Lipinski definition) is 7. The number of rotatable bonds is 6. The van der Waals surface area contributed by atoms with E-state index in [2.05, 4.69) is 36.1 Å². The standard InChI is InChI=1S/C27H31N3O5S/c1-15(35-25(32)17-8-6-16(7-9-17)22-28-12-13-29-22)23(31)30-24-21(26(33)34-5)19-11-10-18(27(2,3)4)14-20(19)36-24/h6-9,12-13,15,18H,10-11,14H2,1-5H3,(H,28,29)(H,30,31). The average molecular weight is 510 g/mol. The van der Waals surface area contributed by atoms with Gasteiger partial charge in [0.25, 0.3) is 5.91 Å². The minimum absolute atomic E-state index is 0.148. The lowest BCUT2D eigenvalue weighted by Crippen LogP contribution is -2.30. The van der Waals surface area contributed by atoms with Gasteiger partial charge in [0.1, 0.15) is 10.8 Å². The molecular formula is C27H31N3O5S. The van der Waals surface area contributed by atoms with E-state index in [4.69, 9.17) is 9.47 Å². The molecule has 0 saturated heterocycles. The number of methoxy groups -OCH3 is 1. The number of aromatic amines is 1. The van der Waals surface area contributed by atoms with E-state index in [-0.39, 0.29) is 5.41 Å². The Hall–Kier alpha value is -3.46. The minimum Gasteiger partial charge on any atom is -0.465 e. The van der Waals surface area contributed by atoms with Crippen molar-refractivity contribution in [3.05, 3.63) is 58.2 Å². The normalized spacial score (nSPS) is 16.1. The fourth-order valence-electron chi connectivity index (χ4n) is 4.41. The fraction of sp³-hybridized carbons (Fsp3) is 0.407. The first-order chi connectivity index (χ1) is 17.1. The number of ether oxygens (including phenoxy) is 2. The quantitative estimate of drug-likeness (QED) is 0.439. The number of H-pyrrole nitrogens is 1. The molecule has 0 bridgehead atoms. The van der Waals surface area contributed by atoms with E-state index in [9.17, 15) is 14.4 Å². The summed E-state index contributed by atoms with van der Waals surface area (Å²) >= 11 is 1.40. The average Bonchev–Trinajstić information content (AvgIpc) is 3.50. The zero-order chi connectivity index (χ0) is 26.0. The maximum atomic E-state index is 12.9. The van der Waals surface area contributed by atoms with Crippen molar-refractivity contribution < 1.29 is 23.9 Å². The van der Waals surface area contributed by atoms with Crippen LogP contribution >= 0.6 is 11.3 Å². The molecule has 0 saturated carbocycles. The van der Waals surface area contributed by atoms with Crippen molar-refractivity contribution in [2.24, 2.45) is 11.3 Å². The number of carbonyl (C=O) groups excluding carboxylic acids is 3. The molecule has 0 spiro atoms. The highest BCUT2D eigenvalue weighted by Gasteiger charge is 2.35. The molecule has 2 heterocycles. The van der Waals surface area contributed by atoms with Crippen LogP contribution in [-0.4, -0.2) is 41.0 Å².